The normalized spacial score (nSPS) is 11.6. The minimum absolute atomic E-state index is 0.0742. The van der Waals surface area contributed by atoms with Gasteiger partial charge in [-0.05, 0) is 66.4 Å². The van der Waals surface area contributed by atoms with Crippen LogP contribution >= 0.6 is 27.7 Å². The molecule has 0 spiro atoms. The lowest BCUT2D eigenvalue weighted by atomic mass is 9.98. The summed E-state index contributed by atoms with van der Waals surface area (Å²) in [5.74, 6) is -1.60. The molecule has 0 aliphatic heterocycles. The van der Waals surface area contributed by atoms with E-state index in [-0.39, 0.29) is 22.3 Å². The van der Waals surface area contributed by atoms with E-state index in [4.69, 9.17) is 0 Å². The Morgan fingerprint density at radius 2 is 1.53 bits per heavy atom. The van der Waals surface area contributed by atoms with Gasteiger partial charge in [0.2, 0.25) is 5.91 Å². The smallest absolute Gasteiger partial charge is 0.336 e. The number of rotatable bonds is 8. The third-order valence-electron chi connectivity index (χ3n) is 5.52. The highest BCUT2D eigenvalue weighted by atomic mass is 79.9. The Balaban J connectivity index is 1.51. The predicted molar refractivity (Wildman–Crippen MR) is 148 cm³/mol. The summed E-state index contributed by atoms with van der Waals surface area (Å²) in [7, 11) is 0. The molecule has 0 heterocycles. The maximum Gasteiger partial charge on any atom is 0.336 e. The minimum atomic E-state index is -1.09. The molecule has 1 unspecified atom stereocenters. The second kappa shape index (κ2) is 11.4. The molecule has 6 nitrogen and oxygen atoms in total. The quantitative estimate of drug-likeness (QED) is 0.200. The Bertz CT molecular complexity index is 1430. The number of aromatic carboxylic acids is 1. The lowest BCUT2D eigenvalue weighted by Gasteiger charge is -2.16. The van der Waals surface area contributed by atoms with Crippen molar-refractivity contribution < 1.29 is 19.5 Å². The van der Waals surface area contributed by atoms with Crippen LogP contribution in [0.15, 0.2) is 94.3 Å². The summed E-state index contributed by atoms with van der Waals surface area (Å²) >= 11 is 4.80. The van der Waals surface area contributed by atoms with E-state index in [2.05, 4.69) is 26.6 Å². The number of hydrogen-bond donors (Lipinski definition) is 3. The van der Waals surface area contributed by atoms with Gasteiger partial charge in [0.1, 0.15) is 0 Å². The number of anilines is 2. The maximum absolute atomic E-state index is 13.1. The second-order valence-electron chi connectivity index (χ2n) is 8.01. The van der Waals surface area contributed by atoms with Crippen LogP contribution in [0, 0.1) is 0 Å². The van der Waals surface area contributed by atoms with Crippen molar-refractivity contribution in [3.05, 3.63) is 101 Å². The lowest BCUT2D eigenvalue weighted by Crippen LogP contribution is -2.24. The molecule has 0 aliphatic rings. The van der Waals surface area contributed by atoms with Gasteiger partial charge in [-0.15, -0.1) is 11.8 Å². The van der Waals surface area contributed by atoms with Gasteiger partial charge in [-0.1, -0.05) is 53.2 Å². The molecule has 1 atom stereocenters. The molecule has 0 fully saturated rings. The van der Waals surface area contributed by atoms with E-state index < -0.39 is 11.9 Å². The molecule has 0 aromatic heterocycles. The van der Waals surface area contributed by atoms with E-state index in [0.717, 1.165) is 15.1 Å². The molecule has 8 heteroatoms. The Hall–Kier alpha value is -3.62. The number of nitrogens with one attached hydrogen (secondary N) is 2. The standard InChI is InChI=1S/C28H23BrN2O4S/c1-2-24(27(33)30-19-14-12-18(29)13-15-19)36-21-9-5-8-20(16-21)31-26(32)22-10-3-6-17-7-4-11-23(25(17)22)28(34)35/h3-16,24H,2H2,1H3,(H,30,33)(H,31,32)(H,34,35). The molecular weight excluding hydrogens is 540 g/mol. The van der Waals surface area contributed by atoms with E-state index in [1.54, 1.807) is 42.5 Å². The maximum atomic E-state index is 13.1. The van der Waals surface area contributed by atoms with Crippen molar-refractivity contribution >= 4 is 67.6 Å². The van der Waals surface area contributed by atoms with E-state index in [0.29, 0.717) is 22.9 Å². The van der Waals surface area contributed by atoms with Crippen LogP contribution in [-0.4, -0.2) is 28.1 Å². The molecule has 0 radical (unpaired) electrons. The van der Waals surface area contributed by atoms with Crippen molar-refractivity contribution in [1.29, 1.82) is 0 Å². The monoisotopic (exact) mass is 562 g/mol. The van der Waals surface area contributed by atoms with Crippen molar-refractivity contribution in [2.75, 3.05) is 10.6 Å². The van der Waals surface area contributed by atoms with E-state index in [9.17, 15) is 19.5 Å². The van der Waals surface area contributed by atoms with Gasteiger partial charge < -0.3 is 15.7 Å². The first-order valence-electron chi connectivity index (χ1n) is 11.2. The van der Waals surface area contributed by atoms with E-state index in [1.165, 1.54) is 17.8 Å². The largest absolute Gasteiger partial charge is 0.478 e. The number of benzene rings is 4. The highest BCUT2D eigenvalue weighted by molar-refractivity contribution is 9.10. The van der Waals surface area contributed by atoms with Crippen molar-refractivity contribution in [2.45, 2.75) is 23.5 Å². The molecule has 4 aromatic rings. The Morgan fingerprint density at radius 3 is 2.19 bits per heavy atom. The summed E-state index contributed by atoms with van der Waals surface area (Å²) in [5.41, 5.74) is 1.63. The fourth-order valence-corrected chi connectivity index (χ4v) is 5.07. The van der Waals surface area contributed by atoms with Gasteiger partial charge in [-0.25, -0.2) is 4.79 Å². The van der Waals surface area contributed by atoms with Gasteiger partial charge in [0.25, 0.3) is 5.91 Å². The number of halogens is 1. The van der Waals surface area contributed by atoms with Gasteiger partial charge in [-0.3, -0.25) is 9.59 Å². The average Bonchev–Trinajstić information content (AvgIpc) is 2.88. The Kier molecular flexibility index (Phi) is 8.07. The first-order valence-corrected chi connectivity index (χ1v) is 12.9. The SMILES string of the molecule is CCC(Sc1cccc(NC(=O)c2cccc3cccc(C(=O)O)c23)c1)C(=O)Nc1ccc(Br)cc1. The van der Waals surface area contributed by atoms with Crippen LogP contribution in [0.2, 0.25) is 0 Å². The molecule has 0 aliphatic carbocycles. The zero-order valence-corrected chi connectivity index (χ0v) is 21.7. The van der Waals surface area contributed by atoms with Crippen LogP contribution in [0.5, 0.6) is 0 Å². The molecule has 0 saturated heterocycles. The highest BCUT2D eigenvalue weighted by Gasteiger charge is 2.19. The Labute approximate surface area is 221 Å². The summed E-state index contributed by atoms with van der Waals surface area (Å²) in [6.45, 7) is 1.95. The summed E-state index contributed by atoms with van der Waals surface area (Å²) in [6.07, 6.45) is 0.623. The third-order valence-corrected chi connectivity index (χ3v) is 7.41. The molecule has 4 rings (SSSR count). The molecule has 0 saturated carbocycles. The first-order chi connectivity index (χ1) is 17.4. The number of hydrogen-bond acceptors (Lipinski definition) is 4. The van der Waals surface area contributed by atoms with Crippen LogP contribution in [0.3, 0.4) is 0 Å². The number of fused-ring (bicyclic) bond motifs is 1. The zero-order chi connectivity index (χ0) is 25.7. The molecular formula is C28H23BrN2O4S. The van der Waals surface area contributed by atoms with Crippen molar-refractivity contribution in [1.82, 2.24) is 0 Å². The topological polar surface area (TPSA) is 95.5 Å². The van der Waals surface area contributed by atoms with Crippen LogP contribution in [0.1, 0.15) is 34.1 Å². The predicted octanol–water partition coefficient (Wildman–Crippen LogP) is 7.06. The van der Waals surface area contributed by atoms with Crippen molar-refractivity contribution in [3.8, 4) is 0 Å². The number of carbonyl (C=O) groups is 3. The molecule has 2 amide bonds. The van der Waals surface area contributed by atoms with Crippen LogP contribution in [0.4, 0.5) is 11.4 Å². The fraction of sp³-hybridized carbons (Fsp3) is 0.107. The first kappa shape index (κ1) is 25.5. The molecule has 4 aromatic carbocycles. The van der Waals surface area contributed by atoms with E-state index >= 15 is 0 Å². The third kappa shape index (κ3) is 5.95. The van der Waals surface area contributed by atoms with Crippen LogP contribution < -0.4 is 10.6 Å². The molecule has 0 bridgehead atoms. The summed E-state index contributed by atoms with van der Waals surface area (Å²) in [6, 6.07) is 24.7. The minimum Gasteiger partial charge on any atom is -0.478 e. The van der Waals surface area contributed by atoms with Crippen molar-refractivity contribution in [2.24, 2.45) is 0 Å². The van der Waals surface area contributed by atoms with Gasteiger partial charge in [0.15, 0.2) is 0 Å². The second-order valence-corrected chi connectivity index (χ2v) is 10.2. The Morgan fingerprint density at radius 1 is 0.861 bits per heavy atom. The number of thioether (sulfide) groups is 1. The van der Waals surface area contributed by atoms with Gasteiger partial charge in [-0.2, -0.15) is 0 Å². The van der Waals surface area contributed by atoms with Gasteiger partial charge in [0.05, 0.1) is 10.8 Å². The number of carboxylic acid groups (broad SMARTS) is 1. The van der Waals surface area contributed by atoms with Crippen LogP contribution in [0.25, 0.3) is 10.8 Å². The van der Waals surface area contributed by atoms with Gasteiger partial charge >= 0.3 is 5.97 Å². The summed E-state index contributed by atoms with van der Waals surface area (Å²) in [4.78, 5) is 38.5. The van der Waals surface area contributed by atoms with Gasteiger partial charge in [0, 0.05) is 31.7 Å². The number of amides is 2. The summed E-state index contributed by atoms with van der Waals surface area (Å²) in [5, 5.41) is 16.2. The number of carbonyl (C=O) groups excluding carboxylic acids is 2. The zero-order valence-electron chi connectivity index (χ0n) is 19.3. The number of carboxylic acids is 1. The molecule has 36 heavy (non-hydrogen) atoms. The molecule has 182 valence electrons. The highest BCUT2D eigenvalue weighted by Crippen LogP contribution is 2.30. The van der Waals surface area contributed by atoms with Crippen molar-refractivity contribution in [3.63, 3.8) is 0 Å². The fourth-order valence-electron chi connectivity index (χ4n) is 3.80. The lowest BCUT2D eigenvalue weighted by molar-refractivity contribution is -0.115. The van der Waals surface area contributed by atoms with Crippen LogP contribution in [-0.2, 0) is 4.79 Å². The molecule has 3 N–H and O–H groups in total. The van der Waals surface area contributed by atoms with E-state index in [1.807, 2.05) is 43.3 Å². The average molecular weight is 563 g/mol. The summed E-state index contributed by atoms with van der Waals surface area (Å²) < 4.78 is 0.934.